The maximum absolute atomic E-state index is 13.2. The largest absolute Gasteiger partial charge is 0.504 e. The number of aromatic hydroxyl groups is 1. The molecule has 0 fully saturated rings. The molecule has 90 valence electrons. The van der Waals surface area contributed by atoms with E-state index >= 15 is 0 Å². The molecule has 1 N–H and O–H groups in total. The summed E-state index contributed by atoms with van der Waals surface area (Å²) in [5.74, 6) is -1.90. The van der Waals surface area contributed by atoms with Crippen molar-refractivity contribution in [1.82, 2.24) is 0 Å². The van der Waals surface area contributed by atoms with Gasteiger partial charge in [0.05, 0.1) is 12.0 Å². The van der Waals surface area contributed by atoms with Gasteiger partial charge in [-0.25, -0.2) is 9.18 Å². The predicted molar refractivity (Wildman–Crippen MR) is 58.5 cm³/mol. The highest BCUT2D eigenvalue weighted by molar-refractivity contribution is 5.98. The summed E-state index contributed by atoms with van der Waals surface area (Å²) in [6.45, 7) is 3.46. The van der Waals surface area contributed by atoms with Crippen molar-refractivity contribution >= 4 is 16.9 Å². The molecule has 0 radical (unpaired) electrons. The highest BCUT2D eigenvalue weighted by Gasteiger charge is 2.22. The summed E-state index contributed by atoms with van der Waals surface area (Å²) in [5.41, 5.74) is 0.625. The summed E-state index contributed by atoms with van der Waals surface area (Å²) >= 11 is 0. The lowest BCUT2D eigenvalue weighted by molar-refractivity contribution is 0.0491. The van der Waals surface area contributed by atoms with Gasteiger partial charge in [-0.1, -0.05) is 0 Å². The number of phenols is 1. The van der Waals surface area contributed by atoms with Gasteiger partial charge in [-0.15, -0.1) is 0 Å². The Bertz CT molecular complexity index is 586. The molecule has 0 saturated heterocycles. The molecule has 0 atom stereocenters. The molecule has 17 heavy (non-hydrogen) atoms. The van der Waals surface area contributed by atoms with Crippen molar-refractivity contribution in [2.45, 2.75) is 13.8 Å². The number of hydrogen-bond acceptors (Lipinski definition) is 4. The van der Waals surface area contributed by atoms with Crippen LogP contribution in [0.15, 0.2) is 16.5 Å². The van der Waals surface area contributed by atoms with Crippen LogP contribution < -0.4 is 0 Å². The Hall–Kier alpha value is -2.04. The van der Waals surface area contributed by atoms with Gasteiger partial charge < -0.3 is 14.3 Å². The second-order valence-electron chi connectivity index (χ2n) is 3.55. The Morgan fingerprint density at radius 2 is 2.24 bits per heavy atom. The molecular formula is C12H11FO4. The summed E-state index contributed by atoms with van der Waals surface area (Å²) in [5, 5.41) is 9.78. The monoisotopic (exact) mass is 238 g/mol. The van der Waals surface area contributed by atoms with E-state index in [0.717, 1.165) is 6.07 Å². The van der Waals surface area contributed by atoms with Gasteiger partial charge in [-0.05, 0) is 26.0 Å². The number of carbonyl (C=O) groups is 1. The van der Waals surface area contributed by atoms with E-state index in [0.29, 0.717) is 5.56 Å². The van der Waals surface area contributed by atoms with Gasteiger partial charge in [-0.2, -0.15) is 0 Å². The van der Waals surface area contributed by atoms with E-state index in [1.54, 1.807) is 13.8 Å². The zero-order valence-corrected chi connectivity index (χ0v) is 9.41. The van der Waals surface area contributed by atoms with E-state index in [1.807, 2.05) is 0 Å². The molecule has 0 saturated carbocycles. The zero-order chi connectivity index (χ0) is 12.6. The van der Waals surface area contributed by atoms with E-state index in [2.05, 4.69) is 0 Å². The fraction of sp³-hybridized carbons (Fsp3) is 0.250. The van der Waals surface area contributed by atoms with E-state index in [9.17, 15) is 14.3 Å². The minimum Gasteiger partial charge on any atom is -0.504 e. The predicted octanol–water partition coefficient (Wildman–Crippen LogP) is 2.76. The van der Waals surface area contributed by atoms with Crippen molar-refractivity contribution in [2.75, 3.05) is 6.61 Å². The zero-order valence-electron chi connectivity index (χ0n) is 9.41. The third kappa shape index (κ3) is 1.73. The number of phenolic OH excluding ortho intramolecular Hbond substituents is 1. The molecule has 0 aliphatic rings. The Morgan fingerprint density at radius 1 is 1.53 bits per heavy atom. The normalized spacial score (nSPS) is 10.8. The number of halogens is 1. The van der Waals surface area contributed by atoms with Gasteiger partial charge in [0.25, 0.3) is 0 Å². The molecule has 0 aliphatic heterocycles. The molecule has 1 aromatic carbocycles. The van der Waals surface area contributed by atoms with Crippen molar-refractivity contribution in [1.29, 1.82) is 0 Å². The van der Waals surface area contributed by atoms with Crippen molar-refractivity contribution in [2.24, 2.45) is 0 Å². The lowest BCUT2D eigenvalue weighted by Crippen LogP contribution is -2.04. The lowest BCUT2D eigenvalue weighted by atomic mass is 10.1. The molecule has 0 bridgehead atoms. The van der Waals surface area contributed by atoms with Gasteiger partial charge >= 0.3 is 5.97 Å². The van der Waals surface area contributed by atoms with Crippen LogP contribution in [0.5, 0.6) is 5.75 Å². The highest BCUT2D eigenvalue weighted by Crippen LogP contribution is 2.34. The first-order chi connectivity index (χ1) is 8.06. The molecule has 0 spiro atoms. The fourth-order valence-electron chi connectivity index (χ4n) is 1.69. The number of esters is 1. The van der Waals surface area contributed by atoms with E-state index in [-0.39, 0.29) is 23.3 Å². The summed E-state index contributed by atoms with van der Waals surface area (Å²) in [4.78, 5) is 11.5. The highest BCUT2D eigenvalue weighted by atomic mass is 19.1. The minimum atomic E-state index is -0.753. The van der Waals surface area contributed by atoms with Crippen LogP contribution >= 0.6 is 0 Å². The van der Waals surface area contributed by atoms with Gasteiger partial charge in [0.2, 0.25) is 5.76 Å². The topological polar surface area (TPSA) is 59.7 Å². The molecule has 0 amide bonds. The first-order valence-corrected chi connectivity index (χ1v) is 5.14. The second-order valence-corrected chi connectivity index (χ2v) is 3.55. The molecule has 0 aliphatic carbocycles. The number of fused-ring (bicyclic) bond motifs is 1. The summed E-state index contributed by atoms with van der Waals surface area (Å²) in [7, 11) is 0. The van der Waals surface area contributed by atoms with Gasteiger partial charge in [-0.3, -0.25) is 0 Å². The first-order valence-electron chi connectivity index (χ1n) is 5.14. The van der Waals surface area contributed by atoms with Crippen molar-refractivity contribution in [3.8, 4) is 5.75 Å². The lowest BCUT2D eigenvalue weighted by Gasteiger charge is -1.98. The molecule has 1 heterocycles. The third-order valence-corrected chi connectivity index (χ3v) is 2.48. The van der Waals surface area contributed by atoms with Crippen LogP contribution in [0.1, 0.15) is 23.0 Å². The van der Waals surface area contributed by atoms with E-state index in [4.69, 9.17) is 9.15 Å². The minimum absolute atomic E-state index is 0.0113. The first kappa shape index (κ1) is 11.4. The quantitative estimate of drug-likeness (QED) is 0.817. The average molecular weight is 238 g/mol. The Morgan fingerprint density at radius 3 is 2.88 bits per heavy atom. The molecule has 4 nitrogen and oxygen atoms in total. The number of hydrogen-bond donors (Lipinski definition) is 1. The molecule has 5 heteroatoms. The van der Waals surface area contributed by atoms with Crippen molar-refractivity contribution < 1.29 is 23.4 Å². The molecule has 2 aromatic rings. The number of aryl methyl sites for hydroxylation is 1. The Labute approximate surface area is 96.6 Å². The van der Waals surface area contributed by atoms with Crippen LogP contribution in [0, 0.1) is 12.7 Å². The number of furan rings is 1. The number of carbonyl (C=O) groups excluding carboxylic acids is 1. The molecular weight excluding hydrogens is 227 g/mol. The Balaban J connectivity index is 2.65. The van der Waals surface area contributed by atoms with Crippen LogP contribution in [0.3, 0.4) is 0 Å². The molecule has 1 aromatic heterocycles. The van der Waals surface area contributed by atoms with Crippen LogP contribution in [-0.2, 0) is 4.74 Å². The van der Waals surface area contributed by atoms with Crippen LogP contribution in [-0.4, -0.2) is 17.7 Å². The second kappa shape index (κ2) is 4.08. The van der Waals surface area contributed by atoms with Crippen LogP contribution in [0.4, 0.5) is 4.39 Å². The third-order valence-electron chi connectivity index (χ3n) is 2.48. The standard InChI is InChI=1S/C12H11FO4/c1-3-16-12(15)11-6(2)9-8(17-11)5-4-7(13)10(9)14/h4-5,14H,3H2,1-2H3. The average Bonchev–Trinajstić information content (AvgIpc) is 2.62. The van der Waals surface area contributed by atoms with Gasteiger partial charge in [0.1, 0.15) is 5.58 Å². The maximum atomic E-state index is 13.2. The summed E-state index contributed by atoms with van der Waals surface area (Å²) < 4.78 is 23.2. The van der Waals surface area contributed by atoms with Crippen LogP contribution in [0.2, 0.25) is 0 Å². The smallest absolute Gasteiger partial charge is 0.374 e. The molecule has 2 rings (SSSR count). The summed E-state index contributed by atoms with van der Waals surface area (Å²) in [6, 6.07) is 2.44. The number of benzene rings is 1. The van der Waals surface area contributed by atoms with Crippen molar-refractivity contribution in [3.05, 3.63) is 29.3 Å². The number of rotatable bonds is 2. The molecule has 0 unspecified atom stereocenters. The SMILES string of the molecule is CCOC(=O)c1oc2ccc(F)c(O)c2c1C. The van der Waals surface area contributed by atoms with E-state index < -0.39 is 17.5 Å². The summed E-state index contributed by atoms with van der Waals surface area (Å²) in [6.07, 6.45) is 0. The van der Waals surface area contributed by atoms with Crippen molar-refractivity contribution in [3.63, 3.8) is 0 Å². The van der Waals surface area contributed by atoms with E-state index in [1.165, 1.54) is 6.07 Å². The number of ether oxygens (including phenoxy) is 1. The van der Waals surface area contributed by atoms with Crippen LogP contribution in [0.25, 0.3) is 11.0 Å². The van der Waals surface area contributed by atoms with Gasteiger partial charge in [0.15, 0.2) is 11.6 Å². The fourth-order valence-corrected chi connectivity index (χ4v) is 1.69. The maximum Gasteiger partial charge on any atom is 0.374 e. The Kier molecular flexibility index (Phi) is 2.75. The van der Waals surface area contributed by atoms with Gasteiger partial charge in [0, 0.05) is 5.56 Å².